The van der Waals surface area contributed by atoms with Crippen molar-refractivity contribution in [3.63, 3.8) is 0 Å². The zero-order valence-electron chi connectivity index (χ0n) is 25.6. The summed E-state index contributed by atoms with van der Waals surface area (Å²) >= 11 is 0. The van der Waals surface area contributed by atoms with Gasteiger partial charge in [0.05, 0.1) is 16.7 Å². The van der Waals surface area contributed by atoms with Gasteiger partial charge in [0.15, 0.2) is 0 Å². The lowest BCUT2D eigenvalue weighted by molar-refractivity contribution is 1.18. The van der Waals surface area contributed by atoms with Gasteiger partial charge in [-0.05, 0) is 93.2 Å². The first-order chi connectivity index (χ1) is 22.8. The Morgan fingerprint density at radius 3 is 1.35 bits per heavy atom. The molecule has 0 aliphatic carbocycles. The number of para-hydroxylation sites is 2. The van der Waals surface area contributed by atoms with Gasteiger partial charge in [0.25, 0.3) is 0 Å². The summed E-state index contributed by atoms with van der Waals surface area (Å²) in [7, 11) is 0. The van der Waals surface area contributed by atoms with Crippen LogP contribution in [0, 0.1) is 0 Å². The van der Waals surface area contributed by atoms with Crippen molar-refractivity contribution in [1.29, 1.82) is 0 Å². The highest BCUT2D eigenvalue weighted by Gasteiger charge is 2.17. The van der Waals surface area contributed by atoms with Crippen LogP contribution in [0.1, 0.15) is 6.92 Å². The number of nitrogens with zero attached hydrogens (tertiary/aromatic N) is 2. The molecule has 0 atom stereocenters. The average molecular weight is 589 g/mol. The maximum Gasteiger partial charge on any atom is 0.0630 e. The van der Waals surface area contributed by atoms with E-state index in [2.05, 4.69) is 155 Å². The number of aromatic nitrogens is 1. The number of allylic oxidation sites excluding steroid dienone is 4. The summed E-state index contributed by atoms with van der Waals surface area (Å²) in [6.07, 6.45) is 9.76. The molecule has 0 spiro atoms. The Bertz CT molecular complexity index is 2340. The van der Waals surface area contributed by atoms with E-state index in [0.29, 0.717) is 0 Å². The van der Waals surface area contributed by atoms with E-state index in [0.717, 1.165) is 11.4 Å². The van der Waals surface area contributed by atoms with E-state index in [1.807, 2.05) is 37.4 Å². The lowest BCUT2D eigenvalue weighted by Gasteiger charge is -2.18. The third-order valence-electron chi connectivity index (χ3n) is 8.81. The lowest BCUT2D eigenvalue weighted by Crippen LogP contribution is -1.94. The van der Waals surface area contributed by atoms with E-state index < -0.39 is 0 Å². The monoisotopic (exact) mass is 588 g/mol. The minimum atomic E-state index is 0.933. The van der Waals surface area contributed by atoms with Gasteiger partial charge in [0.2, 0.25) is 0 Å². The molecule has 218 valence electrons. The van der Waals surface area contributed by atoms with Crippen LogP contribution in [0.3, 0.4) is 0 Å². The Kier molecular flexibility index (Phi) is 7.09. The molecule has 1 aromatic heterocycles. The fourth-order valence-corrected chi connectivity index (χ4v) is 6.80. The van der Waals surface area contributed by atoms with Crippen LogP contribution in [0.25, 0.3) is 71.3 Å². The Labute approximate surface area is 268 Å². The molecule has 0 radical (unpaired) electrons. The predicted molar refractivity (Wildman–Crippen MR) is 199 cm³/mol. The third kappa shape index (κ3) is 4.72. The molecule has 7 aromatic carbocycles. The molecule has 0 saturated carbocycles. The van der Waals surface area contributed by atoms with Crippen molar-refractivity contribution in [2.45, 2.75) is 6.92 Å². The molecule has 2 nitrogen and oxygen atoms in total. The highest BCUT2D eigenvalue weighted by molar-refractivity contribution is 6.21. The molecule has 46 heavy (non-hydrogen) atoms. The van der Waals surface area contributed by atoms with Crippen LogP contribution in [-0.4, -0.2) is 10.8 Å². The molecule has 0 saturated heterocycles. The Hall–Kier alpha value is -5.99. The molecule has 8 aromatic rings. The second kappa shape index (κ2) is 11.8. The van der Waals surface area contributed by atoms with E-state index in [1.165, 1.54) is 65.6 Å². The fraction of sp³-hybridized carbons (Fsp3) is 0.0227. The van der Waals surface area contributed by atoms with E-state index in [9.17, 15) is 0 Å². The number of hydrogen-bond donors (Lipinski definition) is 0. The topological polar surface area (TPSA) is 17.3 Å². The summed E-state index contributed by atoms with van der Waals surface area (Å²) in [5, 5.41) is 7.53. The van der Waals surface area contributed by atoms with Gasteiger partial charge < -0.3 is 4.57 Å². The number of hydrogen-bond acceptors (Lipinski definition) is 1. The zero-order valence-corrected chi connectivity index (χ0v) is 25.6. The normalized spacial score (nSPS) is 12.2. The van der Waals surface area contributed by atoms with Gasteiger partial charge in [0, 0.05) is 22.7 Å². The second-order valence-corrected chi connectivity index (χ2v) is 11.5. The standard InChI is InChI=1S/C44H32N2/c1-2-3-4-13-30-45-33-26-22-31(23-27-33)43-37-16-5-7-18-39(37)44(40-19-8-6-17-38(40)43)32-24-28-34(29-25-32)46-41-20-11-9-14-35(41)36-15-10-12-21-42(36)46/h2-30H,1H3/b3-2-,13-4-,45-30?. The highest BCUT2D eigenvalue weighted by atomic mass is 15.0. The summed E-state index contributed by atoms with van der Waals surface area (Å²) < 4.78 is 2.38. The third-order valence-corrected chi connectivity index (χ3v) is 8.81. The minimum Gasteiger partial charge on any atom is -0.309 e. The Morgan fingerprint density at radius 1 is 0.435 bits per heavy atom. The molecule has 1 heterocycles. The summed E-state index contributed by atoms with van der Waals surface area (Å²) in [5.41, 5.74) is 9.44. The van der Waals surface area contributed by atoms with E-state index >= 15 is 0 Å². The molecule has 0 N–H and O–H groups in total. The summed E-state index contributed by atoms with van der Waals surface area (Å²) in [6.45, 7) is 2.00. The SMILES string of the molecule is C/C=C\C=C/C=Nc1ccc(-c2c3ccccc3c(-c3ccc(-n4c5ccccc5c5ccccc54)cc3)c3ccccc23)cc1. The van der Waals surface area contributed by atoms with Crippen LogP contribution in [0.5, 0.6) is 0 Å². The molecule has 0 amide bonds. The Morgan fingerprint density at radius 2 is 0.870 bits per heavy atom. The maximum absolute atomic E-state index is 4.60. The van der Waals surface area contributed by atoms with Crippen molar-refractivity contribution < 1.29 is 0 Å². The zero-order chi connectivity index (χ0) is 30.9. The van der Waals surface area contributed by atoms with Gasteiger partial charge in [-0.15, -0.1) is 0 Å². The van der Waals surface area contributed by atoms with E-state index in [4.69, 9.17) is 0 Å². The van der Waals surface area contributed by atoms with Crippen LogP contribution < -0.4 is 0 Å². The summed E-state index contributed by atoms with van der Waals surface area (Å²) in [4.78, 5) is 4.60. The van der Waals surface area contributed by atoms with Gasteiger partial charge in [-0.2, -0.15) is 0 Å². The van der Waals surface area contributed by atoms with Gasteiger partial charge in [-0.1, -0.05) is 127 Å². The van der Waals surface area contributed by atoms with Gasteiger partial charge in [0.1, 0.15) is 0 Å². The van der Waals surface area contributed by atoms with Crippen LogP contribution in [0.2, 0.25) is 0 Å². The Balaban J connectivity index is 1.26. The first-order valence-electron chi connectivity index (χ1n) is 15.8. The molecule has 0 aliphatic rings. The molecule has 2 heteroatoms. The van der Waals surface area contributed by atoms with Crippen LogP contribution in [0.15, 0.2) is 175 Å². The second-order valence-electron chi connectivity index (χ2n) is 11.5. The van der Waals surface area contributed by atoms with Crippen molar-refractivity contribution in [1.82, 2.24) is 4.57 Å². The molecule has 0 unspecified atom stereocenters. The molecular weight excluding hydrogens is 556 g/mol. The fourth-order valence-electron chi connectivity index (χ4n) is 6.80. The van der Waals surface area contributed by atoms with Crippen molar-refractivity contribution in [3.05, 3.63) is 170 Å². The van der Waals surface area contributed by atoms with Crippen LogP contribution in [0.4, 0.5) is 5.69 Å². The predicted octanol–water partition coefficient (Wildman–Crippen LogP) is 12.3. The van der Waals surface area contributed by atoms with E-state index in [1.54, 1.807) is 0 Å². The van der Waals surface area contributed by atoms with E-state index in [-0.39, 0.29) is 0 Å². The van der Waals surface area contributed by atoms with Gasteiger partial charge in [-0.25, -0.2) is 0 Å². The maximum atomic E-state index is 4.60. The molecular formula is C44H32N2. The molecule has 0 fully saturated rings. The first-order valence-corrected chi connectivity index (χ1v) is 15.8. The van der Waals surface area contributed by atoms with Crippen LogP contribution in [-0.2, 0) is 0 Å². The minimum absolute atomic E-state index is 0.933. The van der Waals surface area contributed by atoms with Gasteiger partial charge in [-0.3, -0.25) is 4.99 Å². The first kappa shape index (κ1) is 27.6. The number of fused-ring (bicyclic) bond motifs is 5. The van der Waals surface area contributed by atoms with Crippen molar-refractivity contribution in [3.8, 4) is 27.9 Å². The van der Waals surface area contributed by atoms with Gasteiger partial charge >= 0.3 is 0 Å². The average Bonchev–Trinajstić information content (AvgIpc) is 3.45. The highest BCUT2D eigenvalue weighted by Crippen LogP contribution is 2.44. The van der Waals surface area contributed by atoms with Crippen molar-refractivity contribution >= 4 is 55.3 Å². The van der Waals surface area contributed by atoms with Crippen LogP contribution >= 0.6 is 0 Å². The molecule has 0 aliphatic heterocycles. The largest absolute Gasteiger partial charge is 0.309 e. The quantitative estimate of drug-likeness (QED) is 0.104. The molecule has 0 bridgehead atoms. The van der Waals surface area contributed by atoms with Crippen molar-refractivity contribution in [2.24, 2.45) is 4.99 Å². The number of aliphatic imine (C=N–C) groups is 1. The summed E-state index contributed by atoms with van der Waals surface area (Å²) in [5.74, 6) is 0. The smallest absolute Gasteiger partial charge is 0.0630 e. The van der Waals surface area contributed by atoms with Crippen molar-refractivity contribution in [2.75, 3.05) is 0 Å². The number of rotatable bonds is 6. The number of benzene rings is 7. The lowest BCUT2D eigenvalue weighted by atomic mass is 9.86. The summed E-state index contributed by atoms with van der Waals surface area (Å²) in [6, 6.07) is 52.6. The molecule has 8 rings (SSSR count).